The van der Waals surface area contributed by atoms with Crippen molar-refractivity contribution in [2.75, 3.05) is 6.61 Å². The molecule has 0 saturated heterocycles. The minimum Gasteiger partial charge on any atom is -0.395 e. The van der Waals surface area contributed by atoms with Crippen LogP contribution in [-0.4, -0.2) is 33.4 Å². The van der Waals surface area contributed by atoms with E-state index >= 15 is 0 Å². The van der Waals surface area contributed by atoms with Crippen LogP contribution in [-0.2, 0) is 6.42 Å². The van der Waals surface area contributed by atoms with Crippen LogP contribution in [0.5, 0.6) is 0 Å². The number of benzene rings is 1. The van der Waals surface area contributed by atoms with Crippen molar-refractivity contribution in [2.45, 2.75) is 12.5 Å². The number of hydroxylamine groups is 2. The van der Waals surface area contributed by atoms with Gasteiger partial charge in [-0.3, -0.25) is 10.4 Å². The van der Waals surface area contributed by atoms with Gasteiger partial charge in [0, 0.05) is 0 Å². The summed E-state index contributed by atoms with van der Waals surface area (Å²) in [5.41, 5.74) is 0.953. The number of rotatable bonds is 4. The Morgan fingerprint density at radius 2 is 1.77 bits per heavy atom. The standard InChI is InChI=1S/C9H13NO3/c11-7-9(10(12)13)6-8-4-2-1-3-5-8/h1-5,9,11-13H,6-7H2/t9-/m0/s1. The van der Waals surface area contributed by atoms with Gasteiger partial charge in [-0.15, -0.1) is 0 Å². The SMILES string of the molecule is OC[C@H](Cc1ccccc1)N(O)O. The van der Waals surface area contributed by atoms with Crippen LogP contribution in [0.1, 0.15) is 5.56 Å². The first-order valence-corrected chi connectivity index (χ1v) is 4.06. The molecule has 0 amide bonds. The lowest BCUT2D eigenvalue weighted by Crippen LogP contribution is -2.34. The summed E-state index contributed by atoms with van der Waals surface area (Å²) in [5.74, 6) is 0. The molecule has 1 atom stereocenters. The monoisotopic (exact) mass is 183 g/mol. The van der Waals surface area contributed by atoms with E-state index in [-0.39, 0.29) is 11.8 Å². The molecule has 0 aliphatic heterocycles. The fourth-order valence-electron chi connectivity index (χ4n) is 1.11. The summed E-state index contributed by atoms with van der Waals surface area (Å²) in [5, 5.41) is 26.2. The molecule has 0 heterocycles. The van der Waals surface area contributed by atoms with E-state index in [1.54, 1.807) is 0 Å². The summed E-state index contributed by atoms with van der Waals surface area (Å²) >= 11 is 0. The molecule has 0 aliphatic carbocycles. The van der Waals surface area contributed by atoms with Gasteiger partial charge >= 0.3 is 0 Å². The normalized spacial score (nSPS) is 13.2. The average molecular weight is 183 g/mol. The van der Waals surface area contributed by atoms with Gasteiger partial charge in [0.25, 0.3) is 0 Å². The van der Waals surface area contributed by atoms with Crippen molar-refractivity contribution in [2.24, 2.45) is 0 Å². The second-order valence-corrected chi connectivity index (χ2v) is 2.85. The Labute approximate surface area is 76.6 Å². The maximum absolute atomic E-state index is 8.80. The van der Waals surface area contributed by atoms with E-state index in [9.17, 15) is 0 Å². The maximum atomic E-state index is 8.80. The third-order valence-corrected chi connectivity index (χ3v) is 1.85. The molecular weight excluding hydrogens is 170 g/mol. The van der Waals surface area contributed by atoms with Crippen molar-refractivity contribution in [3.8, 4) is 0 Å². The molecule has 0 saturated carbocycles. The van der Waals surface area contributed by atoms with Gasteiger partial charge < -0.3 is 5.11 Å². The Bertz CT molecular complexity index is 238. The molecule has 1 aromatic carbocycles. The molecule has 4 heteroatoms. The minimum atomic E-state index is -0.664. The van der Waals surface area contributed by atoms with E-state index in [1.807, 2.05) is 30.3 Å². The highest BCUT2D eigenvalue weighted by molar-refractivity contribution is 5.15. The first-order chi connectivity index (χ1) is 6.24. The second-order valence-electron chi connectivity index (χ2n) is 2.85. The zero-order chi connectivity index (χ0) is 9.68. The number of nitrogens with zero attached hydrogens (tertiary/aromatic N) is 1. The Morgan fingerprint density at radius 1 is 1.15 bits per heavy atom. The lowest BCUT2D eigenvalue weighted by molar-refractivity contribution is -0.335. The van der Waals surface area contributed by atoms with Gasteiger partial charge in [-0.2, -0.15) is 0 Å². The van der Waals surface area contributed by atoms with Gasteiger partial charge in [0.2, 0.25) is 0 Å². The Balaban J connectivity index is 2.57. The average Bonchev–Trinajstić information content (AvgIpc) is 2.15. The van der Waals surface area contributed by atoms with Gasteiger partial charge in [0.15, 0.2) is 0 Å². The maximum Gasteiger partial charge on any atom is 0.0894 e. The molecule has 0 aliphatic rings. The van der Waals surface area contributed by atoms with Crippen LogP contribution in [0.3, 0.4) is 0 Å². The summed E-state index contributed by atoms with van der Waals surface area (Å²) in [6.45, 7) is -0.290. The van der Waals surface area contributed by atoms with Crippen LogP contribution >= 0.6 is 0 Å². The van der Waals surface area contributed by atoms with Crippen LogP contribution < -0.4 is 0 Å². The summed E-state index contributed by atoms with van der Waals surface area (Å²) in [7, 11) is 0. The lowest BCUT2D eigenvalue weighted by atomic mass is 10.1. The zero-order valence-corrected chi connectivity index (χ0v) is 7.17. The van der Waals surface area contributed by atoms with Crippen LogP contribution in [0, 0.1) is 0 Å². The van der Waals surface area contributed by atoms with Gasteiger partial charge in [-0.05, 0) is 12.0 Å². The fraction of sp³-hybridized carbons (Fsp3) is 0.333. The van der Waals surface area contributed by atoms with E-state index in [2.05, 4.69) is 0 Å². The number of hydrogen-bond donors (Lipinski definition) is 3. The Hall–Kier alpha value is -0.940. The summed E-state index contributed by atoms with van der Waals surface area (Å²) < 4.78 is 0. The molecule has 4 nitrogen and oxygen atoms in total. The van der Waals surface area contributed by atoms with Crippen molar-refractivity contribution in [3.63, 3.8) is 0 Å². The molecule has 1 aromatic rings. The third kappa shape index (κ3) is 3.12. The largest absolute Gasteiger partial charge is 0.395 e. The molecule has 0 spiro atoms. The zero-order valence-electron chi connectivity index (χ0n) is 7.17. The van der Waals surface area contributed by atoms with E-state index in [0.717, 1.165) is 5.56 Å². The molecule has 13 heavy (non-hydrogen) atoms. The second kappa shape index (κ2) is 4.94. The molecule has 0 aromatic heterocycles. The lowest BCUT2D eigenvalue weighted by Gasteiger charge is -2.17. The number of aliphatic hydroxyl groups excluding tert-OH is 1. The van der Waals surface area contributed by atoms with Gasteiger partial charge in [-0.1, -0.05) is 35.6 Å². The van der Waals surface area contributed by atoms with Crippen molar-refractivity contribution in [1.82, 2.24) is 5.23 Å². The molecule has 0 bridgehead atoms. The molecule has 0 radical (unpaired) electrons. The van der Waals surface area contributed by atoms with Crippen LogP contribution in [0.4, 0.5) is 0 Å². The molecule has 0 unspecified atom stereocenters. The van der Waals surface area contributed by atoms with Crippen molar-refractivity contribution >= 4 is 0 Å². The Kier molecular flexibility index (Phi) is 3.85. The highest BCUT2D eigenvalue weighted by Gasteiger charge is 2.13. The quantitative estimate of drug-likeness (QED) is 0.600. The summed E-state index contributed by atoms with van der Waals surface area (Å²) in [4.78, 5) is 0. The predicted octanol–water partition coefficient (Wildman–Crippen LogP) is 0.670. The van der Waals surface area contributed by atoms with Crippen molar-refractivity contribution < 1.29 is 15.5 Å². The molecule has 72 valence electrons. The van der Waals surface area contributed by atoms with E-state index in [1.165, 1.54) is 0 Å². The molecule has 0 fully saturated rings. The van der Waals surface area contributed by atoms with Crippen LogP contribution in [0.15, 0.2) is 30.3 Å². The number of aliphatic hydroxyl groups is 1. The summed E-state index contributed by atoms with van der Waals surface area (Å²) in [6, 6.07) is 8.68. The van der Waals surface area contributed by atoms with Crippen molar-refractivity contribution in [1.29, 1.82) is 0 Å². The van der Waals surface area contributed by atoms with Crippen LogP contribution in [0.25, 0.3) is 0 Å². The first kappa shape index (κ1) is 10.1. The smallest absolute Gasteiger partial charge is 0.0894 e. The van der Waals surface area contributed by atoms with E-state index in [4.69, 9.17) is 15.5 Å². The Morgan fingerprint density at radius 3 is 2.23 bits per heavy atom. The first-order valence-electron chi connectivity index (χ1n) is 4.06. The third-order valence-electron chi connectivity index (χ3n) is 1.85. The number of hydrogen-bond acceptors (Lipinski definition) is 4. The van der Waals surface area contributed by atoms with Gasteiger partial charge in [0.05, 0.1) is 12.6 Å². The summed E-state index contributed by atoms with van der Waals surface area (Å²) in [6.07, 6.45) is 0.407. The predicted molar refractivity (Wildman–Crippen MR) is 46.4 cm³/mol. The van der Waals surface area contributed by atoms with Crippen LogP contribution in [0.2, 0.25) is 0 Å². The molecule has 1 rings (SSSR count). The molecule has 3 N–H and O–H groups in total. The van der Waals surface area contributed by atoms with Gasteiger partial charge in [0.1, 0.15) is 0 Å². The topological polar surface area (TPSA) is 63.9 Å². The highest BCUT2D eigenvalue weighted by Crippen LogP contribution is 2.05. The minimum absolute atomic E-state index is 0.0486. The van der Waals surface area contributed by atoms with Crippen molar-refractivity contribution in [3.05, 3.63) is 35.9 Å². The van der Waals surface area contributed by atoms with Gasteiger partial charge in [-0.25, -0.2) is 0 Å². The fourth-order valence-corrected chi connectivity index (χ4v) is 1.11. The van der Waals surface area contributed by atoms with E-state index in [0.29, 0.717) is 6.42 Å². The highest BCUT2D eigenvalue weighted by atomic mass is 16.8. The van der Waals surface area contributed by atoms with E-state index < -0.39 is 6.04 Å². The molecular formula is C9H13NO3.